The fourth-order valence-corrected chi connectivity index (χ4v) is 3.34. The molecule has 0 saturated heterocycles. The Balaban J connectivity index is 2.01. The minimum absolute atomic E-state index is 0.0108. The summed E-state index contributed by atoms with van der Waals surface area (Å²) in [6.45, 7) is 6.25. The molecule has 3 rings (SSSR count). The van der Waals surface area contributed by atoms with E-state index in [4.69, 9.17) is 10.6 Å². The van der Waals surface area contributed by atoms with Gasteiger partial charge in [-0.05, 0) is 50.6 Å². The van der Waals surface area contributed by atoms with Crippen molar-refractivity contribution in [3.05, 3.63) is 48.0 Å². The Bertz CT molecular complexity index is 1080. The third-order valence-corrected chi connectivity index (χ3v) is 4.64. The first-order valence-corrected chi connectivity index (χ1v) is 9.48. The number of ether oxygens (including phenoxy) is 1. The van der Waals surface area contributed by atoms with E-state index in [2.05, 4.69) is 11.4 Å². The van der Waals surface area contributed by atoms with Gasteiger partial charge < -0.3 is 14.6 Å². The maximum Gasteiger partial charge on any atom is 0.336 e. The Hall–Kier alpha value is -3.50. The molecule has 0 spiro atoms. The number of carbonyl (C=O) groups excluding carboxylic acids is 1. The van der Waals surface area contributed by atoms with Gasteiger partial charge in [-0.25, -0.2) is 15.6 Å². The molecule has 2 aromatic carbocycles. The molecule has 2 amide bonds. The largest absolute Gasteiger partial charge is 0.494 e. The van der Waals surface area contributed by atoms with Gasteiger partial charge in [0, 0.05) is 24.5 Å². The topological polar surface area (TPSA) is 96.3 Å². The number of hydrogen-bond acceptors (Lipinski definition) is 4. The second-order valence-corrected chi connectivity index (χ2v) is 7.03. The summed E-state index contributed by atoms with van der Waals surface area (Å²) in [7, 11) is 1.92. The predicted molar refractivity (Wildman–Crippen MR) is 115 cm³/mol. The number of amides is 2. The van der Waals surface area contributed by atoms with E-state index >= 15 is 0 Å². The highest BCUT2D eigenvalue weighted by Gasteiger charge is 2.18. The van der Waals surface area contributed by atoms with E-state index in [1.54, 1.807) is 12.1 Å². The van der Waals surface area contributed by atoms with Crippen molar-refractivity contribution < 1.29 is 9.53 Å². The van der Waals surface area contributed by atoms with Crippen LogP contribution in [0.5, 0.6) is 5.75 Å². The molecule has 0 saturated carbocycles. The van der Waals surface area contributed by atoms with Crippen LogP contribution in [-0.2, 0) is 7.05 Å². The van der Waals surface area contributed by atoms with E-state index < -0.39 is 0 Å². The lowest BCUT2D eigenvalue weighted by atomic mass is 10.1. The lowest BCUT2D eigenvalue weighted by molar-refractivity contribution is 0.244. The van der Waals surface area contributed by atoms with Crippen molar-refractivity contribution in [3.63, 3.8) is 0 Å². The summed E-state index contributed by atoms with van der Waals surface area (Å²) in [5.41, 5.74) is 3.74. The number of nitrogens with zero attached hydrogens (tertiary/aromatic N) is 3. The lowest BCUT2D eigenvalue weighted by Gasteiger charge is -2.19. The molecule has 29 heavy (non-hydrogen) atoms. The molecule has 0 unspecified atom stereocenters. The third-order valence-electron chi connectivity index (χ3n) is 4.64. The predicted octanol–water partition coefficient (Wildman–Crippen LogP) is 3.91. The minimum atomic E-state index is -0.376. The standard InChI is InChI=1S/C22H25N5O2/c1-5-29-17-10-11-18-19(13-23)21(26(4)20(18)12-17)15-6-8-16(9-7-15)27(24)22(28)25-14(2)3/h6-12,14H,5,24H2,1-4H3,(H,25,28). The fraction of sp³-hybridized carbons (Fsp3) is 0.273. The number of aromatic nitrogens is 1. The Morgan fingerprint density at radius 3 is 2.55 bits per heavy atom. The van der Waals surface area contributed by atoms with E-state index in [1.165, 1.54) is 0 Å². The molecule has 1 heterocycles. The monoisotopic (exact) mass is 391 g/mol. The number of fused-ring (bicyclic) bond motifs is 1. The summed E-state index contributed by atoms with van der Waals surface area (Å²) in [5, 5.41) is 14.5. The van der Waals surface area contributed by atoms with E-state index in [0.29, 0.717) is 17.9 Å². The zero-order valence-electron chi connectivity index (χ0n) is 17.1. The van der Waals surface area contributed by atoms with Crippen molar-refractivity contribution in [3.8, 4) is 23.1 Å². The number of carbonyl (C=O) groups is 1. The SMILES string of the molecule is CCOc1ccc2c(C#N)c(-c3ccc(N(N)C(=O)NC(C)C)cc3)n(C)c2c1. The van der Waals surface area contributed by atoms with Gasteiger partial charge in [-0.3, -0.25) is 0 Å². The molecule has 7 nitrogen and oxygen atoms in total. The van der Waals surface area contributed by atoms with Crippen molar-refractivity contribution in [2.45, 2.75) is 26.8 Å². The maximum absolute atomic E-state index is 12.1. The molecule has 0 aliphatic heterocycles. The van der Waals surface area contributed by atoms with Crippen molar-refractivity contribution in [2.75, 3.05) is 11.6 Å². The minimum Gasteiger partial charge on any atom is -0.494 e. The van der Waals surface area contributed by atoms with E-state index in [9.17, 15) is 10.1 Å². The summed E-state index contributed by atoms with van der Waals surface area (Å²) >= 11 is 0. The summed E-state index contributed by atoms with van der Waals surface area (Å²) in [5.74, 6) is 6.68. The van der Waals surface area contributed by atoms with Gasteiger partial charge in [0.05, 0.1) is 29.1 Å². The van der Waals surface area contributed by atoms with Crippen LogP contribution in [0.15, 0.2) is 42.5 Å². The second-order valence-electron chi connectivity index (χ2n) is 7.03. The van der Waals surface area contributed by atoms with Crippen LogP contribution < -0.4 is 20.9 Å². The normalized spacial score (nSPS) is 10.8. The van der Waals surface area contributed by atoms with E-state index in [-0.39, 0.29) is 12.1 Å². The van der Waals surface area contributed by atoms with Crippen LogP contribution >= 0.6 is 0 Å². The van der Waals surface area contributed by atoms with Crippen LogP contribution in [0.2, 0.25) is 0 Å². The summed E-state index contributed by atoms with van der Waals surface area (Å²) in [4.78, 5) is 12.1. The smallest absolute Gasteiger partial charge is 0.336 e. The van der Waals surface area contributed by atoms with Gasteiger partial charge >= 0.3 is 6.03 Å². The Kier molecular flexibility index (Phi) is 5.76. The first-order chi connectivity index (χ1) is 13.9. The van der Waals surface area contributed by atoms with Crippen LogP contribution in [-0.4, -0.2) is 23.2 Å². The number of aryl methyl sites for hydroxylation is 1. The van der Waals surface area contributed by atoms with Crippen LogP contribution in [0.25, 0.3) is 22.2 Å². The number of nitrogens with one attached hydrogen (secondary N) is 1. The molecule has 0 bridgehead atoms. The molecule has 1 aromatic heterocycles. The van der Waals surface area contributed by atoms with Gasteiger partial charge in [-0.2, -0.15) is 5.26 Å². The maximum atomic E-state index is 12.1. The molecule has 3 aromatic rings. The molecular formula is C22H25N5O2. The van der Waals surface area contributed by atoms with Crippen molar-refractivity contribution in [1.82, 2.24) is 9.88 Å². The quantitative estimate of drug-likeness (QED) is 0.391. The number of hydrazine groups is 1. The number of anilines is 1. The summed E-state index contributed by atoms with van der Waals surface area (Å²) in [6.07, 6.45) is 0. The number of hydrogen-bond donors (Lipinski definition) is 2. The van der Waals surface area contributed by atoms with E-state index in [0.717, 1.165) is 32.9 Å². The highest BCUT2D eigenvalue weighted by molar-refractivity contribution is 5.96. The van der Waals surface area contributed by atoms with Crippen molar-refractivity contribution >= 4 is 22.6 Å². The number of nitrogens with two attached hydrogens (primary N) is 1. The van der Waals surface area contributed by atoms with Gasteiger partial charge in [0.15, 0.2) is 0 Å². The van der Waals surface area contributed by atoms with Gasteiger partial charge in [-0.1, -0.05) is 12.1 Å². The summed E-state index contributed by atoms with van der Waals surface area (Å²) in [6, 6.07) is 14.9. The molecule has 0 atom stereocenters. The summed E-state index contributed by atoms with van der Waals surface area (Å²) < 4.78 is 7.58. The molecule has 3 N–H and O–H groups in total. The van der Waals surface area contributed by atoms with Crippen LogP contribution in [0.4, 0.5) is 10.5 Å². The van der Waals surface area contributed by atoms with Crippen LogP contribution in [0.3, 0.4) is 0 Å². The average molecular weight is 391 g/mol. The molecule has 0 aliphatic carbocycles. The number of nitriles is 1. The number of benzene rings is 2. The lowest BCUT2D eigenvalue weighted by Crippen LogP contribution is -2.47. The molecule has 0 radical (unpaired) electrons. The van der Waals surface area contributed by atoms with Crippen molar-refractivity contribution in [1.29, 1.82) is 5.26 Å². The van der Waals surface area contributed by atoms with Gasteiger partial charge in [0.2, 0.25) is 0 Å². The zero-order chi connectivity index (χ0) is 21.1. The Morgan fingerprint density at radius 2 is 1.97 bits per heavy atom. The highest BCUT2D eigenvalue weighted by atomic mass is 16.5. The van der Waals surface area contributed by atoms with Gasteiger partial charge in [0.1, 0.15) is 11.8 Å². The molecule has 0 aliphatic rings. The highest BCUT2D eigenvalue weighted by Crippen LogP contribution is 2.35. The molecule has 7 heteroatoms. The van der Waals surface area contributed by atoms with Gasteiger partial charge in [-0.15, -0.1) is 0 Å². The third kappa shape index (κ3) is 3.89. The van der Waals surface area contributed by atoms with Crippen molar-refractivity contribution in [2.24, 2.45) is 12.9 Å². The fourth-order valence-electron chi connectivity index (χ4n) is 3.34. The van der Waals surface area contributed by atoms with Gasteiger partial charge in [0.25, 0.3) is 0 Å². The Morgan fingerprint density at radius 1 is 1.28 bits per heavy atom. The first-order valence-electron chi connectivity index (χ1n) is 9.48. The van der Waals surface area contributed by atoms with Crippen LogP contribution in [0, 0.1) is 11.3 Å². The number of rotatable bonds is 5. The molecule has 150 valence electrons. The molecular weight excluding hydrogens is 366 g/mol. The molecule has 0 fully saturated rings. The van der Waals surface area contributed by atoms with Crippen LogP contribution in [0.1, 0.15) is 26.3 Å². The average Bonchev–Trinajstić information content (AvgIpc) is 2.98. The second kappa shape index (κ2) is 8.25. The van der Waals surface area contributed by atoms with E-state index in [1.807, 2.05) is 62.7 Å². The zero-order valence-corrected chi connectivity index (χ0v) is 17.1. The number of urea groups is 1. The Labute approximate surface area is 170 Å². The first kappa shape index (κ1) is 20.2.